The lowest BCUT2D eigenvalue weighted by atomic mass is 9.98. The highest BCUT2D eigenvalue weighted by Gasteiger charge is 2.23. The summed E-state index contributed by atoms with van der Waals surface area (Å²) in [7, 11) is 1.62. The first-order valence-corrected chi connectivity index (χ1v) is 6.00. The Morgan fingerprint density at radius 1 is 1.44 bits per heavy atom. The summed E-state index contributed by atoms with van der Waals surface area (Å²) in [6.07, 6.45) is 0.765. The average Bonchev–Trinajstić information content (AvgIpc) is 2.99. The molecule has 0 saturated heterocycles. The van der Waals surface area contributed by atoms with Crippen LogP contribution >= 0.6 is 0 Å². The molecule has 18 heavy (non-hydrogen) atoms. The van der Waals surface area contributed by atoms with E-state index in [-0.39, 0.29) is 0 Å². The molecule has 1 aliphatic rings. The minimum Gasteiger partial charge on any atom is -0.384 e. The minimum atomic E-state index is 0.392. The highest BCUT2D eigenvalue weighted by molar-refractivity contribution is 5.57. The highest BCUT2D eigenvalue weighted by atomic mass is 16.5. The summed E-state index contributed by atoms with van der Waals surface area (Å²) in [5.41, 5.74) is 2.53. The molecule has 1 aliphatic heterocycles. The van der Waals surface area contributed by atoms with Gasteiger partial charge in [0, 0.05) is 31.7 Å². The summed E-state index contributed by atoms with van der Waals surface area (Å²) >= 11 is 0. The molecular formula is C13H15N3O2. The maximum atomic E-state index is 5.23. The first kappa shape index (κ1) is 11.2. The van der Waals surface area contributed by atoms with Gasteiger partial charge in [0.2, 0.25) is 5.89 Å². The molecule has 0 spiro atoms. The Bertz CT molecular complexity index is 539. The number of methoxy groups -OCH3 is 1. The van der Waals surface area contributed by atoms with Gasteiger partial charge in [-0.25, -0.2) is 0 Å². The van der Waals surface area contributed by atoms with E-state index in [0.29, 0.717) is 24.2 Å². The molecule has 2 aromatic rings. The zero-order valence-corrected chi connectivity index (χ0v) is 10.2. The number of ether oxygens (including phenoxy) is 1. The van der Waals surface area contributed by atoms with Crippen LogP contribution in [-0.4, -0.2) is 23.8 Å². The standard InChI is InChI=1S/C13H15N3O2/c1-17-8-12-15-13(18-16-12)6-9-7-14-11-5-3-2-4-10(9)11/h2-5,9,14H,6-8H2,1H3. The number of rotatable bonds is 4. The molecule has 5 heteroatoms. The number of anilines is 1. The minimum absolute atomic E-state index is 0.392. The highest BCUT2D eigenvalue weighted by Crippen LogP contribution is 2.32. The van der Waals surface area contributed by atoms with Crippen molar-refractivity contribution < 1.29 is 9.26 Å². The van der Waals surface area contributed by atoms with E-state index in [4.69, 9.17) is 9.26 Å². The molecule has 1 atom stereocenters. The largest absolute Gasteiger partial charge is 0.384 e. The number of aromatic nitrogens is 2. The van der Waals surface area contributed by atoms with Gasteiger partial charge in [0.25, 0.3) is 0 Å². The lowest BCUT2D eigenvalue weighted by Crippen LogP contribution is -2.05. The van der Waals surface area contributed by atoms with Crippen molar-refractivity contribution in [1.29, 1.82) is 0 Å². The van der Waals surface area contributed by atoms with Gasteiger partial charge in [-0.2, -0.15) is 4.98 Å². The topological polar surface area (TPSA) is 60.2 Å². The summed E-state index contributed by atoms with van der Waals surface area (Å²) in [5, 5.41) is 7.26. The lowest BCUT2D eigenvalue weighted by molar-refractivity contribution is 0.174. The number of benzene rings is 1. The van der Waals surface area contributed by atoms with Crippen molar-refractivity contribution in [1.82, 2.24) is 10.1 Å². The van der Waals surface area contributed by atoms with E-state index in [0.717, 1.165) is 13.0 Å². The molecule has 1 unspecified atom stereocenters. The molecule has 0 fully saturated rings. The zero-order chi connectivity index (χ0) is 12.4. The molecule has 2 heterocycles. The number of hydrogen-bond donors (Lipinski definition) is 1. The van der Waals surface area contributed by atoms with E-state index in [9.17, 15) is 0 Å². The van der Waals surface area contributed by atoms with Gasteiger partial charge in [-0.3, -0.25) is 0 Å². The third-order valence-corrected chi connectivity index (χ3v) is 3.14. The molecule has 0 aliphatic carbocycles. The van der Waals surface area contributed by atoms with Gasteiger partial charge in [-0.1, -0.05) is 23.4 Å². The smallest absolute Gasteiger partial charge is 0.227 e. The SMILES string of the molecule is COCc1noc(CC2CNc3ccccc32)n1. The van der Waals surface area contributed by atoms with E-state index in [2.05, 4.69) is 33.7 Å². The predicted molar refractivity (Wildman–Crippen MR) is 66.4 cm³/mol. The van der Waals surface area contributed by atoms with Crippen LogP contribution in [0.25, 0.3) is 0 Å². The number of hydrogen-bond acceptors (Lipinski definition) is 5. The average molecular weight is 245 g/mol. The van der Waals surface area contributed by atoms with Crippen molar-refractivity contribution in [2.24, 2.45) is 0 Å². The molecule has 0 amide bonds. The van der Waals surface area contributed by atoms with Crippen LogP contribution in [0.15, 0.2) is 28.8 Å². The summed E-state index contributed by atoms with van der Waals surface area (Å²) in [5.74, 6) is 1.68. The lowest BCUT2D eigenvalue weighted by Gasteiger charge is -2.05. The Kier molecular flexibility index (Phi) is 2.98. The Hall–Kier alpha value is -1.88. The number of para-hydroxylation sites is 1. The first-order valence-electron chi connectivity index (χ1n) is 6.00. The first-order chi connectivity index (χ1) is 8.86. The van der Waals surface area contributed by atoms with Gasteiger partial charge >= 0.3 is 0 Å². The van der Waals surface area contributed by atoms with E-state index < -0.39 is 0 Å². The molecule has 0 saturated carbocycles. The van der Waals surface area contributed by atoms with Crippen molar-refractivity contribution in [3.8, 4) is 0 Å². The van der Waals surface area contributed by atoms with Crippen molar-refractivity contribution in [2.45, 2.75) is 18.9 Å². The molecule has 5 nitrogen and oxygen atoms in total. The van der Waals surface area contributed by atoms with Crippen molar-refractivity contribution in [2.75, 3.05) is 19.0 Å². The Labute approximate surface area is 105 Å². The Balaban J connectivity index is 1.73. The summed E-state index contributed by atoms with van der Waals surface area (Å²) in [4.78, 5) is 4.31. The van der Waals surface area contributed by atoms with Crippen LogP contribution in [0.4, 0.5) is 5.69 Å². The molecule has 1 N–H and O–H groups in total. The van der Waals surface area contributed by atoms with Gasteiger partial charge in [0.05, 0.1) is 0 Å². The third-order valence-electron chi connectivity index (χ3n) is 3.14. The number of nitrogens with zero attached hydrogens (tertiary/aromatic N) is 2. The van der Waals surface area contributed by atoms with Crippen LogP contribution in [0.2, 0.25) is 0 Å². The normalized spacial score (nSPS) is 17.5. The van der Waals surface area contributed by atoms with Crippen LogP contribution in [0.5, 0.6) is 0 Å². The van der Waals surface area contributed by atoms with Crippen molar-refractivity contribution >= 4 is 5.69 Å². The van der Waals surface area contributed by atoms with Crippen LogP contribution in [0.1, 0.15) is 23.2 Å². The molecule has 1 aromatic heterocycles. The van der Waals surface area contributed by atoms with Gasteiger partial charge in [-0.15, -0.1) is 0 Å². The fraction of sp³-hybridized carbons (Fsp3) is 0.385. The van der Waals surface area contributed by atoms with Gasteiger partial charge in [0.15, 0.2) is 5.82 Å². The fourth-order valence-corrected chi connectivity index (χ4v) is 2.31. The second kappa shape index (κ2) is 4.78. The zero-order valence-electron chi connectivity index (χ0n) is 10.2. The number of fused-ring (bicyclic) bond motifs is 1. The van der Waals surface area contributed by atoms with Crippen molar-refractivity contribution in [3.05, 3.63) is 41.5 Å². The van der Waals surface area contributed by atoms with E-state index in [1.807, 2.05) is 6.07 Å². The van der Waals surface area contributed by atoms with Gasteiger partial charge in [0.1, 0.15) is 6.61 Å². The van der Waals surface area contributed by atoms with Crippen LogP contribution < -0.4 is 5.32 Å². The monoisotopic (exact) mass is 245 g/mol. The summed E-state index contributed by atoms with van der Waals surface area (Å²) < 4.78 is 10.2. The number of nitrogens with one attached hydrogen (secondary N) is 1. The molecule has 3 rings (SSSR count). The second-order valence-corrected chi connectivity index (χ2v) is 4.41. The second-order valence-electron chi connectivity index (χ2n) is 4.41. The maximum absolute atomic E-state index is 5.23. The van der Waals surface area contributed by atoms with E-state index in [1.54, 1.807) is 7.11 Å². The van der Waals surface area contributed by atoms with Crippen LogP contribution in [0, 0.1) is 0 Å². The molecular weight excluding hydrogens is 230 g/mol. The van der Waals surface area contributed by atoms with Crippen LogP contribution in [0.3, 0.4) is 0 Å². The molecule has 94 valence electrons. The summed E-state index contributed by atoms with van der Waals surface area (Å²) in [6, 6.07) is 8.34. The Morgan fingerprint density at radius 3 is 3.22 bits per heavy atom. The van der Waals surface area contributed by atoms with E-state index in [1.165, 1.54) is 11.3 Å². The van der Waals surface area contributed by atoms with Crippen LogP contribution in [-0.2, 0) is 17.8 Å². The summed E-state index contributed by atoms with van der Waals surface area (Å²) in [6.45, 7) is 1.31. The fourth-order valence-electron chi connectivity index (χ4n) is 2.31. The molecule has 0 radical (unpaired) electrons. The van der Waals surface area contributed by atoms with Gasteiger partial charge in [-0.05, 0) is 11.6 Å². The van der Waals surface area contributed by atoms with Crippen molar-refractivity contribution in [3.63, 3.8) is 0 Å². The van der Waals surface area contributed by atoms with E-state index >= 15 is 0 Å². The van der Waals surface area contributed by atoms with Gasteiger partial charge < -0.3 is 14.6 Å². The Morgan fingerprint density at radius 2 is 2.33 bits per heavy atom. The third kappa shape index (κ3) is 2.09. The maximum Gasteiger partial charge on any atom is 0.227 e. The molecule has 0 bridgehead atoms. The molecule has 1 aromatic carbocycles. The predicted octanol–water partition coefficient (Wildman–Crippen LogP) is 1.97. The quantitative estimate of drug-likeness (QED) is 0.892.